The molecule has 0 aliphatic carbocycles. The summed E-state index contributed by atoms with van der Waals surface area (Å²) >= 11 is 2.28. The van der Waals surface area contributed by atoms with Crippen molar-refractivity contribution in [3.05, 3.63) is 106 Å². The largest absolute Gasteiger partial charge is 0.489 e. The minimum atomic E-state index is -0.795. The fourth-order valence-corrected chi connectivity index (χ4v) is 6.73. The lowest BCUT2D eigenvalue weighted by molar-refractivity contribution is 0.303. The molecule has 4 heteroatoms. The third-order valence-electron chi connectivity index (χ3n) is 5.01. The average molecular weight is 512 g/mol. The normalized spacial score (nSPS) is 13.1. The second kappa shape index (κ2) is 7.84. The van der Waals surface area contributed by atoms with Crippen LogP contribution in [0.25, 0.3) is 11.1 Å². The van der Waals surface area contributed by atoms with E-state index in [2.05, 4.69) is 71.1 Å². The third kappa shape index (κ3) is 3.67. The lowest BCUT2D eigenvalue weighted by Gasteiger charge is -2.20. The average Bonchev–Trinajstić information content (AvgIpc) is 3.07. The second-order valence-corrected chi connectivity index (χ2v) is 10.3. The summed E-state index contributed by atoms with van der Waals surface area (Å²) in [6.45, 7) is 0.422. The molecule has 0 spiro atoms. The van der Waals surface area contributed by atoms with Crippen LogP contribution in [0.3, 0.4) is 0 Å². The molecule has 0 aromatic heterocycles. The molecule has 4 aromatic rings. The molecule has 0 N–H and O–H groups in total. The molecule has 4 aromatic carbocycles. The first-order valence-corrected chi connectivity index (χ1v) is 11.8. The summed E-state index contributed by atoms with van der Waals surface area (Å²) in [7, 11) is -0.795. The van der Waals surface area contributed by atoms with Crippen LogP contribution in [-0.4, -0.2) is 0 Å². The number of halogens is 2. The van der Waals surface area contributed by atoms with E-state index < -0.39 is 10.9 Å². The quantitative estimate of drug-likeness (QED) is 0.194. The molecular weight excluding hydrogens is 494 g/mol. The Morgan fingerprint density at radius 3 is 2.03 bits per heavy atom. The van der Waals surface area contributed by atoms with Gasteiger partial charge in [0.1, 0.15) is 18.2 Å². The molecule has 1 nitrogen and oxygen atoms in total. The van der Waals surface area contributed by atoms with Gasteiger partial charge in [0.05, 0.1) is 0 Å². The summed E-state index contributed by atoms with van der Waals surface area (Å²) in [5, 5.41) is 0. The summed E-state index contributed by atoms with van der Waals surface area (Å²) in [4.78, 5) is 3.53. The summed E-state index contributed by atoms with van der Waals surface area (Å²) < 4.78 is 21.7. The number of thiol groups is 1. The highest BCUT2D eigenvalue weighted by Gasteiger charge is 2.27. The van der Waals surface area contributed by atoms with Crippen molar-refractivity contribution in [2.75, 3.05) is 0 Å². The molecule has 1 heterocycles. The van der Waals surface area contributed by atoms with Crippen LogP contribution in [0.2, 0.25) is 0 Å². The van der Waals surface area contributed by atoms with Gasteiger partial charge in [-0.05, 0) is 75.7 Å². The molecule has 0 unspecified atom stereocenters. The summed E-state index contributed by atoms with van der Waals surface area (Å²) in [6.07, 6.45) is 0. The number of rotatable bonds is 4. The molecule has 0 saturated heterocycles. The first kappa shape index (κ1) is 18.7. The van der Waals surface area contributed by atoms with E-state index in [0.29, 0.717) is 12.4 Å². The minimum absolute atomic E-state index is 0.260. The van der Waals surface area contributed by atoms with Gasteiger partial charge >= 0.3 is 0 Å². The van der Waals surface area contributed by atoms with E-state index in [1.165, 1.54) is 30.6 Å². The van der Waals surface area contributed by atoms with Gasteiger partial charge in [-0.25, -0.2) is 4.39 Å². The molecule has 29 heavy (non-hydrogen) atoms. The van der Waals surface area contributed by atoms with Gasteiger partial charge in [-0.1, -0.05) is 48.5 Å². The molecular formula is C25H18FIOS. The van der Waals surface area contributed by atoms with Gasteiger partial charge in [-0.2, -0.15) is 10.9 Å². The van der Waals surface area contributed by atoms with E-state index in [4.69, 9.17) is 4.74 Å². The number of fused-ring (bicyclic) bond motifs is 3. The monoisotopic (exact) mass is 512 g/mol. The maximum Gasteiger partial charge on any atom is 0.127 e. The maximum atomic E-state index is 14.5. The minimum Gasteiger partial charge on any atom is -0.489 e. The van der Waals surface area contributed by atoms with E-state index >= 15 is 0 Å². The van der Waals surface area contributed by atoms with E-state index in [-0.39, 0.29) is 5.82 Å². The Morgan fingerprint density at radius 2 is 1.38 bits per heavy atom. The fraction of sp³-hybridized carbons (Fsp3) is 0.0400. The van der Waals surface area contributed by atoms with Crippen LogP contribution in [0.4, 0.5) is 4.39 Å². The standard InChI is InChI=1S/C25H18FIOS/c26-18-13-20(28-16-17-9-11-19(27)12-10-17)15-21(14-18)29-24-7-3-1-5-22(24)23-6-2-4-8-25(23)29/h1-15,29H,16H2. The Hall–Kier alpha value is -2.31. The van der Waals surface area contributed by atoms with Crippen LogP contribution in [0.5, 0.6) is 5.75 Å². The molecule has 0 amide bonds. The highest BCUT2D eigenvalue weighted by Crippen LogP contribution is 2.62. The SMILES string of the molecule is Fc1cc(OCc2ccc(I)cc2)cc([SH]2c3ccccc3-c3ccccc32)c1. The van der Waals surface area contributed by atoms with Crippen LogP contribution < -0.4 is 4.74 Å². The van der Waals surface area contributed by atoms with Crippen LogP contribution in [-0.2, 0) is 6.61 Å². The molecule has 0 saturated carbocycles. The molecule has 1 aliphatic heterocycles. The Kier molecular flexibility index (Phi) is 5.06. The number of hydrogen-bond donors (Lipinski definition) is 1. The van der Waals surface area contributed by atoms with Crippen molar-refractivity contribution in [3.8, 4) is 16.9 Å². The number of ether oxygens (including phenoxy) is 1. The summed E-state index contributed by atoms with van der Waals surface area (Å²) in [5.41, 5.74) is 3.57. The number of benzene rings is 4. The zero-order valence-electron chi connectivity index (χ0n) is 15.5. The van der Waals surface area contributed by atoms with E-state index in [0.717, 1.165) is 10.5 Å². The lowest BCUT2D eigenvalue weighted by Crippen LogP contribution is -1.97. The second-order valence-electron chi connectivity index (χ2n) is 6.93. The molecule has 0 radical (unpaired) electrons. The molecule has 0 atom stereocenters. The maximum absolute atomic E-state index is 14.5. The van der Waals surface area contributed by atoms with Gasteiger partial charge in [0.25, 0.3) is 0 Å². The van der Waals surface area contributed by atoms with Gasteiger partial charge in [-0.15, -0.1) is 0 Å². The van der Waals surface area contributed by atoms with Gasteiger partial charge in [0, 0.05) is 24.3 Å². The van der Waals surface area contributed by atoms with Crippen molar-refractivity contribution in [2.24, 2.45) is 0 Å². The Balaban J connectivity index is 1.51. The first-order valence-electron chi connectivity index (χ1n) is 9.35. The third-order valence-corrected chi connectivity index (χ3v) is 8.25. The van der Waals surface area contributed by atoms with E-state index in [1.807, 2.05) is 30.3 Å². The highest BCUT2D eigenvalue weighted by molar-refractivity contribution is 14.1. The Labute approximate surface area is 186 Å². The van der Waals surface area contributed by atoms with Gasteiger partial charge in [0.2, 0.25) is 0 Å². The molecule has 0 bridgehead atoms. The van der Waals surface area contributed by atoms with Gasteiger partial charge < -0.3 is 4.74 Å². The van der Waals surface area contributed by atoms with E-state index in [1.54, 1.807) is 6.07 Å². The smallest absolute Gasteiger partial charge is 0.127 e. The predicted octanol–water partition coefficient (Wildman–Crippen LogP) is 7.47. The zero-order valence-corrected chi connectivity index (χ0v) is 18.5. The highest BCUT2D eigenvalue weighted by atomic mass is 127. The van der Waals surface area contributed by atoms with Crippen molar-refractivity contribution < 1.29 is 9.13 Å². The van der Waals surface area contributed by atoms with E-state index in [9.17, 15) is 4.39 Å². The molecule has 5 rings (SSSR count). The summed E-state index contributed by atoms with van der Waals surface area (Å²) in [5.74, 6) is 0.312. The van der Waals surface area contributed by atoms with Gasteiger partial charge in [-0.3, -0.25) is 0 Å². The Bertz CT molecular complexity index is 1140. The predicted molar refractivity (Wildman–Crippen MR) is 126 cm³/mol. The topological polar surface area (TPSA) is 9.23 Å². The Morgan fingerprint density at radius 1 is 0.759 bits per heavy atom. The zero-order chi connectivity index (χ0) is 19.8. The van der Waals surface area contributed by atoms with Gasteiger partial charge in [0.15, 0.2) is 0 Å². The fourth-order valence-electron chi connectivity index (χ4n) is 3.71. The first-order chi connectivity index (χ1) is 14.2. The van der Waals surface area contributed by atoms with Crippen LogP contribution in [0.1, 0.15) is 5.56 Å². The van der Waals surface area contributed by atoms with Crippen molar-refractivity contribution in [1.82, 2.24) is 0 Å². The molecule has 0 fully saturated rings. The van der Waals surface area contributed by atoms with Crippen molar-refractivity contribution in [3.63, 3.8) is 0 Å². The lowest BCUT2D eigenvalue weighted by atomic mass is 10.1. The van der Waals surface area contributed by atoms with Crippen LogP contribution in [0, 0.1) is 9.39 Å². The molecule has 1 aliphatic rings. The van der Waals surface area contributed by atoms with Crippen LogP contribution in [0.15, 0.2) is 106 Å². The van der Waals surface area contributed by atoms with Crippen molar-refractivity contribution in [2.45, 2.75) is 21.3 Å². The number of hydrogen-bond acceptors (Lipinski definition) is 1. The van der Waals surface area contributed by atoms with Crippen LogP contribution >= 0.6 is 33.5 Å². The van der Waals surface area contributed by atoms with Crippen molar-refractivity contribution >= 4 is 33.5 Å². The summed E-state index contributed by atoms with van der Waals surface area (Å²) in [6, 6.07) is 30.2. The van der Waals surface area contributed by atoms with Crippen molar-refractivity contribution in [1.29, 1.82) is 0 Å². The molecule has 144 valence electrons.